The van der Waals surface area contributed by atoms with Gasteiger partial charge in [-0.2, -0.15) is 0 Å². The lowest BCUT2D eigenvalue weighted by Crippen LogP contribution is -2.28. The van der Waals surface area contributed by atoms with Crippen molar-refractivity contribution >= 4 is 29.3 Å². The van der Waals surface area contributed by atoms with E-state index in [9.17, 15) is 9.59 Å². The molecule has 18 heavy (non-hydrogen) atoms. The molecule has 7 heteroatoms. The molecule has 0 fully saturated rings. The van der Waals surface area contributed by atoms with E-state index in [-0.39, 0.29) is 6.61 Å². The van der Waals surface area contributed by atoms with Crippen LogP contribution in [0.3, 0.4) is 0 Å². The summed E-state index contributed by atoms with van der Waals surface area (Å²) in [6.07, 6.45) is 3.59. The highest BCUT2D eigenvalue weighted by Crippen LogP contribution is 2.15. The van der Waals surface area contributed by atoms with Crippen LogP contribution in [0, 0.1) is 0 Å². The summed E-state index contributed by atoms with van der Waals surface area (Å²) in [5.74, 6) is -0.787. The number of hydrogen-bond donors (Lipinski definition) is 2. The van der Waals surface area contributed by atoms with Gasteiger partial charge in [0.1, 0.15) is 0 Å². The van der Waals surface area contributed by atoms with Gasteiger partial charge in [0.2, 0.25) is 0 Å². The van der Waals surface area contributed by atoms with E-state index in [1.165, 1.54) is 6.20 Å². The smallest absolute Gasteiger partial charge is 0.330 e. The molecule has 1 amide bonds. The van der Waals surface area contributed by atoms with Crippen LogP contribution in [0.25, 0.3) is 0 Å². The van der Waals surface area contributed by atoms with Gasteiger partial charge in [-0.25, -0.2) is 9.78 Å². The lowest BCUT2D eigenvalue weighted by molar-refractivity contribution is -0.137. The summed E-state index contributed by atoms with van der Waals surface area (Å²) in [5.41, 5.74) is 4.83. The maximum atomic E-state index is 11.3. The fraction of sp³-hybridized carbons (Fsp3) is 0.182. The molecule has 1 aromatic rings. The highest BCUT2D eigenvalue weighted by Gasteiger charge is 2.01. The Labute approximate surface area is 109 Å². The van der Waals surface area contributed by atoms with Crippen molar-refractivity contribution in [1.82, 2.24) is 10.4 Å². The van der Waals surface area contributed by atoms with Crippen molar-refractivity contribution in [3.63, 3.8) is 0 Å². The van der Waals surface area contributed by atoms with Gasteiger partial charge in [-0.15, -0.1) is 0 Å². The number of aromatic nitrogens is 1. The standard InChI is InChI=1S/C11H12ClN3O3/c1-2-18-10(17)6-5-9(16)14-15-11-8(12)4-3-7-13-11/h3-7H,2H2,1H3,(H,13,15)(H,14,16)/b6-5-. The second-order valence-corrected chi connectivity index (χ2v) is 3.44. The molecule has 0 saturated carbocycles. The van der Waals surface area contributed by atoms with Crippen molar-refractivity contribution in [1.29, 1.82) is 0 Å². The minimum absolute atomic E-state index is 0.257. The first-order chi connectivity index (χ1) is 8.63. The molecule has 0 unspecified atom stereocenters. The van der Waals surface area contributed by atoms with Crippen LogP contribution in [-0.4, -0.2) is 23.5 Å². The predicted molar refractivity (Wildman–Crippen MR) is 66.8 cm³/mol. The molecule has 1 aromatic heterocycles. The summed E-state index contributed by atoms with van der Waals surface area (Å²) >= 11 is 5.81. The van der Waals surface area contributed by atoms with Crippen molar-refractivity contribution in [2.24, 2.45) is 0 Å². The number of rotatable bonds is 5. The molecule has 1 heterocycles. The number of carbonyl (C=O) groups is 2. The van der Waals surface area contributed by atoms with Crippen LogP contribution < -0.4 is 10.9 Å². The number of pyridine rings is 1. The van der Waals surface area contributed by atoms with Crippen LogP contribution in [0.15, 0.2) is 30.5 Å². The Bertz CT molecular complexity index is 463. The van der Waals surface area contributed by atoms with Gasteiger partial charge in [0, 0.05) is 18.3 Å². The summed E-state index contributed by atoms with van der Waals surface area (Å²) in [4.78, 5) is 26.1. The summed E-state index contributed by atoms with van der Waals surface area (Å²) < 4.78 is 4.61. The van der Waals surface area contributed by atoms with Gasteiger partial charge in [-0.1, -0.05) is 11.6 Å². The predicted octanol–water partition coefficient (Wildman–Crippen LogP) is 1.30. The van der Waals surface area contributed by atoms with Gasteiger partial charge in [0.05, 0.1) is 11.6 Å². The fourth-order valence-corrected chi connectivity index (χ4v) is 1.14. The molecule has 96 valence electrons. The number of hydrazine groups is 1. The van der Waals surface area contributed by atoms with Crippen molar-refractivity contribution < 1.29 is 14.3 Å². The molecule has 0 radical (unpaired) electrons. The second kappa shape index (κ2) is 7.29. The lowest BCUT2D eigenvalue weighted by atomic mass is 10.4. The summed E-state index contributed by atoms with van der Waals surface area (Å²) in [6.45, 7) is 1.93. The number of ether oxygens (including phenoxy) is 1. The first-order valence-electron chi connectivity index (χ1n) is 5.14. The zero-order valence-corrected chi connectivity index (χ0v) is 10.4. The zero-order chi connectivity index (χ0) is 13.4. The number of nitrogens with one attached hydrogen (secondary N) is 2. The van der Waals surface area contributed by atoms with E-state index in [1.807, 2.05) is 0 Å². The quantitative estimate of drug-likeness (QED) is 0.478. The van der Waals surface area contributed by atoms with Gasteiger partial charge in [0.25, 0.3) is 5.91 Å². The molecule has 0 saturated heterocycles. The average molecular weight is 270 g/mol. The highest BCUT2D eigenvalue weighted by atomic mass is 35.5. The molecule has 2 N–H and O–H groups in total. The number of halogens is 1. The van der Waals surface area contributed by atoms with E-state index in [4.69, 9.17) is 11.6 Å². The topological polar surface area (TPSA) is 80.3 Å². The molecule has 0 spiro atoms. The maximum Gasteiger partial charge on any atom is 0.330 e. The van der Waals surface area contributed by atoms with E-state index in [2.05, 4.69) is 20.6 Å². The van der Waals surface area contributed by atoms with Gasteiger partial charge < -0.3 is 4.74 Å². The molecule has 0 atom stereocenters. The molecular weight excluding hydrogens is 258 g/mol. The Morgan fingerprint density at radius 2 is 2.28 bits per heavy atom. The van der Waals surface area contributed by atoms with E-state index < -0.39 is 11.9 Å². The van der Waals surface area contributed by atoms with E-state index in [0.717, 1.165) is 12.2 Å². The van der Waals surface area contributed by atoms with Crippen LogP contribution >= 0.6 is 11.6 Å². The number of nitrogens with zero attached hydrogens (tertiary/aromatic N) is 1. The first kappa shape index (κ1) is 14.0. The molecule has 0 aromatic carbocycles. The second-order valence-electron chi connectivity index (χ2n) is 3.03. The molecule has 1 rings (SSSR count). The Balaban J connectivity index is 2.42. The number of esters is 1. The van der Waals surface area contributed by atoms with E-state index in [1.54, 1.807) is 19.1 Å². The van der Waals surface area contributed by atoms with Crippen molar-refractivity contribution in [3.8, 4) is 0 Å². The minimum atomic E-state index is -0.580. The van der Waals surface area contributed by atoms with E-state index in [0.29, 0.717) is 10.8 Å². The Morgan fingerprint density at radius 3 is 2.94 bits per heavy atom. The van der Waals surface area contributed by atoms with Gasteiger partial charge in [-0.05, 0) is 19.1 Å². The molecule has 0 aliphatic rings. The Kier molecular flexibility index (Phi) is 5.66. The molecule has 0 aliphatic carbocycles. The normalized spacial score (nSPS) is 10.1. The van der Waals surface area contributed by atoms with Crippen LogP contribution in [0.1, 0.15) is 6.92 Å². The summed E-state index contributed by atoms with van der Waals surface area (Å²) in [7, 11) is 0. The largest absolute Gasteiger partial charge is 0.463 e. The first-order valence-corrected chi connectivity index (χ1v) is 5.52. The summed E-state index contributed by atoms with van der Waals surface area (Å²) in [5, 5.41) is 0.368. The Hall–Kier alpha value is -2.08. The van der Waals surface area contributed by atoms with Gasteiger partial charge >= 0.3 is 5.97 Å². The van der Waals surface area contributed by atoms with Crippen LogP contribution in [0.4, 0.5) is 5.82 Å². The third-order valence-electron chi connectivity index (χ3n) is 1.72. The average Bonchev–Trinajstić information content (AvgIpc) is 2.36. The SMILES string of the molecule is CCOC(=O)/C=C\C(=O)NNc1ncccc1Cl. The zero-order valence-electron chi connectivity index (χ0n) is 9.64. The van der Waals surface area contributed by atoms with Crippen LogP contribution in [-0.2, 0) is 14.3 Å². The van der Waals surface area contributed by atoms with Crippen LogP contribution in [0.5, 0.6) is 0 Å². The van der Waals surface area contributed by atoms with Crippen molar-refractivity contribution in [3.05, 3.63) is 35.5 Å². The molecule has 0 aliphatic heterocycles. The van der Waals surface area contributed by atoms with Crippen molar-refractivity contribution in [2.45, 2.75) is 6.92 Å². The van der Waals surface area contributed by atoms with Crippen LogP contribution in [0.2, 0.25) is 5.02 Å². The third-order valence-corrected chi connectivity index (χ3v) is 2.02. The lowest BCUT2D eigenvalue weighted by Gasteiger charge is -2.06. The number of anilines is 1. The van der Waals surface area contributed by atoms with Gasteiger partial charge in [0.15, 0.2) is 5.82 Å². The van der Waals surface area contributed by atoms with Crippen molar-refractivity contribution in [2.75, 3.05) is 12.0 Å². The number of amides is 1. The highest BCUT2D eigenvalue weighted by molar-refractivity contribution is 6.32. The molecular formula is C11H12ClN3O3. The van der Waals surface area contributed by atoms with Gasteiger partial charge in [-0.3, -0.25) is 15.6 Å². The van der Waals surface area contributed by atoms with E-state index >= 15 is 0 Å². The monoisotopic (exact) mass is 269 g/mol. The fourth-order valence-electron chi connectivity index (χ4n) is 0.974. The third kappa shape index (κ3) is 4.84. The maximum absolute atomic E-state index is 11.3. The molecule has 6 nitrogen and oxygen atoms in total. The number of hydrogen-bond acceptors (Lipinski definition) is 5. The number of carbonyl (C=O) groups excluding carboxylic acids is 2. The minimum Gasteiger partial charge on any atom is -0.463 e. The Morgan fingerprint density at radius 1 is 1.50 bits per heavy atom. The summed E-state index contributed by atoms with van der Waals surface area (Å²) in [6, 6.07) is 3.29. The molecule has 0 bridgehead atoms.